The number of hydrogen-bond acceptors (Lipinski definition) is 4. The molecule has 4 nitrogen and oxygen atoms in total. The van der Waals surface area contributed by atoms with E-state index in [1.165, 1.54) is 5.56 Å². The van der Waals surface area contributed by atoms with Gasteiger partial charge in [-0.1, -0.05) is 66.2 Å². The van der Waals surface area contributed by atoms with Crippen molar-refractivity contribution in [1.29, 1.82) is 0 Å². The second-order valence-electron chi connectivity index (χ2n) is 3.29. The molecule has 0 aliphatic carbocycles. The number of halogens is 1. The number of hydrogen-bond donors (Lipinski definition) is 2. The van der Waals surface area contributed by atoms with Crippen molar-refractivity contribution in [2.75, 3.05) is 0 Å². The molecule has 0 bridgehead atoms. The van der Waals surface area contributed by atoms with Crippen LogP contribution in [0.25, 0.3) is 0 Å². The Morgan fingerprint density at radius 2 is 1.25 bits per heavy atom. The fourth-order valence-corrected chi connectivity index (χ4v) is 1.23. The summed E-state index contributed by atoms with van der Waals surface area (Å²) in [6, 6.07) is 19.0. The number of carbonyl (C=O) groups excluding carboxylic acids is 1. The number of benzene rings is 2. The summed E-state index contributed by atoms with van der Waals surface area (Å²) < 4.78 is 0. The molecule has 0 aromatic heterocycles. The first-order valence-corrected chi connectivity index (χ1v) is 5.68. The second kappa shape index (κ2) is 16.3. The second-order valence-corrected chi connectivity index (χ2v) is 3.64. The Hall–Kier alpha value is -0.720. The van der Waals surface area contributed by atoms with E-state index in [1.54, 1.807) is 24.3 Å². The average Bonchev–Trinajstić information content (AvgIpc) is 2.43. The molecule has 0 saturated carbocycles. The van der Waals surface area contributed by atoms with Crippen LogP contribution in [0.5, 0.6) is 0 Å². The van der Waals surface area contributed by atoms with Gasteiger partial charge in [0.15, 0.2) is 0 Å². The monoisotopic (exact) mass is 304 g/mol. The molecule has 0 radical (unpaired) electrons. The summed E-state index contributed by atoms with van der Waals surface area (Å²) in [6.07, 6.45) is 0. The van der Waals surface area contributed by atoms with Crippen molar-refractivity contribution in [2.45, 2.75) is 6.92 Å². The standard InChI is InChI=1S/C7H5ClO.C7H8.H4N2.Na.H2O/c8-7(9)6-4-2-1-3-5-6;1-7-5-3-2-4-6-7;1-2;;/h1-5H;2-6H,1H3;1-2H2;;1H2/q;;;+1;/p-1. The van der Waals surface area contributed by atoms with Crippen LogP contribution in [0.15, 0.2) is 60.7 Å². The van der Waals surface area contributed by atoms with Gasteiger partial charge in [-0.2, -0.15) is 0 Å². The molecule has 0 unspecified atom stereocenters. The molecule has 20 heavy (non-hydrogen) atoms. The molecule has 0 fully saturated rings. The van der Waals surface area contributed by atoms with Gasteiger partial charge >= 0.3 is 29.6 Å². The van der Waals surface area contributed by atoms with Crippen LogP contribution >= 0.6 is 11.6 Å². The predicted molar refractivity (Wildman–Crippen MR) is 78.1 cm³/mol. The van der Waals surface area contributed by atoms with Crippen molar-refractivity contribution in [1.82, 2.24) is 0 Å². The van der Waals surface area contributed by atoms with Crippen LogP contribution in [0.4, 0.5) is 0 Å². The molecular formula is C14H18ClN2NaO2. The van der Waals surface area contributed by atoms with Crippen molar-refractivity contribution in [3.05, 3.63) is 71.8 Å². The Labute approximate surface area is 146 Å². The van der Waals surface area contributed by atoms with Gasteiger partial charge in [0.2, 0.25) is 0 Å². The quantitative estimate of drug-likeness (QED) is 0.327. The van der Waals surface area contributed by atoms with Gasteiger partial charge in [-0.15, -0.1) is 0 Å². The number of carbonyl (C=O) groups is 1. The van der Waals surface area contributed by atoms with Crippen LogP contribution in [0, 0.1) is 6.92 Å². The van der Waals surface area contributed by atoms with Crippen LogP contribution in [0.1, 0.15) is 15.9 Å². The molecule has 104 valence electrons. The number of aryl methyl sites for hydroxylation is 1. The smallest absolute Gasteiger partial charge is 0.870 e. The molecule has 2 aromatic carbocycles. The van der Waals surface area contributed by atoms with E-state index < -0.39 is 5.24 Å². The molecule has 6 heteroatoms. The van der Waals surface area contributed by atoms with Crippen LogP contribution < -0.4 is 41.2 Å². The minimum absolute atomic E-state index is 0. The van der Waals surface area contributed by atoms with E-state index in [0.717, 1.165) is 0 Å². The summed E-state index contributed by atoms with van der Waals surface area (Å²) in [6.45, 7) is 2.08. The molecule has 2 aromatic rings. The maximum Gasteiger partial charge on any atom is 1.00 e. The van der Waals surface area contributed by atoms with E-state index in [1.807, 2.05) is 24.3 Å². The maximum atomic E-state index is 10.4. The van der Waals surface area contributed by atoms with Crippen LogP contribution in [-0.4, -0.2) is 10.7 Å². The third-order valence-electron chi connectivity index (χ3n) is 1.94. The number of hydrazine groups is 1. The summed E-state index contributed by atoms with van der Waals surface area (Å²) in [5.74, 6) is 8.00. The Morgan fingerprint density at radius 3 is 1.45 bits per heavy atom. The zero-order valence-corrected chi connectivity index (χ0v) is 14.4. The molecule has 0 saturated heterocycles. The van der Waals surface area contributed by atoms with Crippen molar-refractivity contribution in [2.24, 2.45) is 11.7 Å². The van der Waals surface area contributed by atoms with Gasteiger partial charge in [0.05, 0.1) is 0 Å². The molecule has 0 aliphatic rings. The van der Waals surface area contributed by atoms with Crippen molar-refractivity contribution < 1.29 is 39.8 Å². The Morgan fingerprint density at radius 1 is 0.900 bits per heavy atom. The van der Waals surface area contributed by atoms with E-state index in [2.05, 4.69) is 30.7 Å². The Balaban J connectivity index is -0.000000240. The maximum absolute atomic E-state index is 10.4. The summed E-state index contributed by atoms with van der Waals surface area (Å²) in [5, 5.41) is -0.407. The fourth-order valence-electron chi connectivity index (χ4n) is 1.10. The predicted octanol–water partition coefficient (Wildman–Crippen LogP) is -0.293. The first-order valence-electron chi connectivity index (χ1n) is 5.30. The molecule has 2 rings (SSSR count). The van der Waals surface area contributed by atoms with E-state index in [4.69, 9.17) is 11.6 Å². The van der Waals surface area contributed by atoms with E-state index in [9.17, 15) is 4.79 Å². The van der Waals surface area contributed by atoms with Crippen LogP contribution in [0.3, 0.4) is 0 Å². The minimum Gasteiger partial charge on any atom is -0.870 e. The van der Waals surface area contributed by atoms with Gasteiger partial charge in [0.25, 0.3) is 5.24 Å². The molecule has 0 amide bonds. The van der Waals surface area contributed by atoms with Gasteiger partial charge in [0, 0.05) is 5.56 Å². The largest absolute Gasteiger partial charge is 1.00 e. The van der Waals surface area contributed by atoms with Crippen LogP contribution in [0.2, 0.25) is 0 Å². The van der Waals surface area contributed by atoms with Gasteiger partial charge < -0.3 is 5.48 Å². The fraction of sp³-hybridized carbons (Fsp3) is 0.0714. The SMILES string of the molecule is Cc1ccccc1.NN.O=C(Cl)c1ccccc1.[Na+].[OH-]. The number of rotatable bonds is 1. The minimum atomic E-state index is -0.407. The summed E-state index contributed by atoms with van der Waals surface area (Å²) >= 11 is 5.16. The average molecular weight is 305 g/mol. The third kappa shape index (κ3) is 12.3. The summed E-state index contributed by atoms with van der Waals surface area (Å²) in [4.78, 5) is 10.4. The molecule has 5 N–H and O–H groups in total. The topological polar surface area (TPSA) is 99.1 Å². The molecule has 0 atom stereocenters. The van der Waals surface area contributed by atoms with Gasteiger partial charge in [-0.05, 0) is 18.5 Å². The zero-order chi connectivity index (χ0) is 13.8. The van der Waals surface area contributed by atoms with Gasteiger partial charge in [-0.25, -0.2) is 0 Å². The Kier molecular flexibility index (Phi) is 19.9. The normalized spacial score (nSPS) is 7.40. The third-order valence-corrected chi connectivity index (χ3v) is 2.16. The summed E-state index contributed by atoms with van der Waals surface area (Å²) in [7, 11) is 0. The summed E-state index contributed by atoms with van der Waals surface area (Å²) in [5.41, 5.74) is 1.86. The molecular weight excluding hydrogens is 287 g/mol. The first kappa shape index (κ1) is 24.3. The van der Waals surface area contributed by atoms with Gasteiger partial charge in [0.1, 0.15) is 0 Å². The van der Waals surface area contributed by atoms with Crippen molar-refractivity contribution >= 4 is 16.8 Å². The first-order chi connectivity index (χ1) is 8.70. The van der Waals surface area contributed by atoms with E-state index in [0.29, 0.717) is 5.56 Å². The van der Waals surface area contributed by atoms with E-state index in [-0.39, 0.29) is 35.0 Å². The number of nitrogens with two attached hydrogens (primary N) is 2. The van der Waals surface area contributed by atoms with Crippen LogP contribution in [-0.2, 0) is 0 Å². The van der Waals surface area contributed by atoms with Crippen molar-refractivity contribution in [3.63, 3.8) is 0 Å². The zero-order valence-electron chi connectivity index (χ0n) is 11.7. The molecule has 0 aliphatic heterocycles. The molecule has 0 heterocycles. The van der Waals surface area contributed by atoms with Crippen molar-refractivity contribution in [3.8, 4) is 0 Å². The van der Waals surface area contributed by atoms with Gasteiger partial charge in [-0.3, -0.25) is 16.5 Å². The Bertz CT molecular complexity index is 441. The van der Waals surface area contributed by atoms with E-state index >= 15 is 0 Å². The molecule has 0 spiro atoms.